The van der Waals surface area contributed by atoms with Gasteiger partial charge in [-0.05, 0) is 30.9 Å². The molecule has 192 valence electrons. The van der Waals surface area contributed by atoms with Crippen LogP contribution in [0.5, 0.6) is 0 Å². The zero-order valence-corrected chi connectivity index (χ0v) is 21.6. The van der Waals surface area contributed by atoms with Crippen LogP contribution in [0.15, 0.2) is 30.5 Å². The molecule has 0 unspecified atom stereocenters. The van der Waals surface area contributed by atoms with Crippen molar-refractivity contribution < 1.29 is 24.3 Å². The first kappa shape index (κ1) is 28.6. The molecule has 9 heteroatoms. The first-order valence-corrected chi connectivity index (χ1v) is 12.7. The number of aromatic amines is 1. The summed E-state index contributed by atoms with van der Waals surface area (Å²) in [5.74, 6) is -1.64. The summed E-state index contributed by atoms with van der Waals surface area (Å²) in [6, 6.07) is 5.88. The third kappa shape index (κ3) is 8.81. The number of carbonyl (C=O) groups excluding carboxylic acids is 4. The summed E-state index contributed by atoms with van der Waals surface area (Å²) in [6.45, 7) is 4.94. The normalized spacial score (nSPS) is 13.9. The number of thiol groups is 1. The van der Waals surface area contributed by atoms with Crippen molar-refractivity contribution in [2.75, 3.05) is 12.4 Å². The number of aliphatic hydroxyl groups is 1. The van der Waals surface area contributed by atoms with Gasteiger partial charge in [0.2, 0.25) is 11.8 Å². The van der Waals surface area contributed by atoms with E-state index in [4.69, 9.17) is 0 Å². The van der Waals surface area contributed by atoms with Crippen LogP contribution >= 0.6 is 12.6 Å². The molecule has 0 aliphatic carbocycles. The third-order valence-electron chi connectivity index (χ3n) is 6.04. The summed E-state index contributed by atoms with van der Waals surface area (Å²) >= 11 is 4.22. The van der Waals surface area contributed by atoms with Gasteiger partial charge in [-0.15, -0.1) is 0 Å². The second-order valence-corrected chi connectivity index (χ2v) is 9.74. The fourth-order valence-electron chi connectivity index (χ4n) is 3.89. The maximum Gasteiger partial charge on any atom is 0.225 e. The number of hydrogen-bond donors (Lipinski definition) is 5. The van der Waals surface area contributed by atoms with Crippen LogP contribution in [0.1, 0.15) is 52.0 Å². The minimum absolute atomic E-state index is 0.0791. The molecule has 0 bridgehead atoms. The molecule has 0 spiro atoms. The lowest BCUT2D eigenvalue weighted by molar-refractivity contribution is -0.133. The number of aliphatic hydroxyl groups excluding tert-OH is 1. The first-order chi connectivity index (χ1) is 16.7. The van der Waals surface area contributed by atoms with Crippen molar-refractivity contribution in [1.29, 1.82) is 0 Å². The van der Waals surface area contributed by atoms with Gasteiger partial charge in [-0.2, -0.15) is 12.6 Å². The van der Waals surface area contributed by atoms with Gasteiger partial charge < -0.3 is 20.7 Å². The standard InChI is InChI=1S/C26H37N3O5S/c1-16(2)7-6-10-25(33)28-22(11-18-13-27-21-9-5-4-8-20(18)21)24(32)12-19(15-35)26(34)29-23(14-30)17(3)31/h4-5,8-9,13,16,19,22-23,27,30,35H,6-7,10-12,14-15H2,1-3H3,(H,28,33)(H,29,34)/t19-,22-,23-/m0/s1. The van der Waals surface area contributed by atoms with Crippen LogP contribution < -0.4 is 10.6 Å². The predicted molar refractivity (Wildman–Crippen MR) is 139 cm³/mol. The highest BCUT2D eigenvalue weighted by Crippen LogP contribution is 2.21. The Balaban J connectivity index is 2.16. The lowest BCUT2D eigenvalue weighted by Crippen LogP contribution is -2.47. The van der Waals surface area contributed by atoms with Gasteiger partial charge in [0.05, 0.1) is 18.6 Å². The van der Waals surface area contributed by atoms with Crippen LogP contribution in [-0.2, 0) is 25.6 Å². The number of fused-ring (bicyclic) bond motifs is 1. The van der Waals surface area contributed by atoms with Crippen LogP contribution in [0.3, 0.4) is 0 Å². The molecule has 0 aliphatic rings. The fourth-order valence-corrected chi connectivity index (χ4v) is 4.19. The van der Waals surface area contributed by atoms with E-state index >= 15 is 0 Å². The Labute approximate surface area is 212 Å². The molecule has 1 aromatic carbocycles. The lowest BCUT2D eigenvalue weighted by Gasteiger charge is -2.22. The summed E-state index contributed by atoms with van der Waals surface area (Å²) in [6.07, 6.45) is 3.93. The molecular formula is C26H37N3O5S. The molecule has 2 rings (SSSR count). The van der Waals surface area contributed by atoms with Crippen molar-refractivity contribution in [3.05, 3.63) is 36.0 Å². The van der Waals surface area contributed by atoms with Crippen molar-refractivity contribution in [1.82, 2.24) is 15.6 Å². The van der Waals surface area contributed by atoms with Crippen molar-refractivity contribution in [2.24, 2.45) is 11.8 Å². The molecule has 3 atom stereocenters. The van der Waals surface area contributed by atoms with Crippen molar-refractivity contribution in [3.63, 3.8) is 0 Å². The molecule has 8 nitrogen and oxygen atoms in total. The molecular weight excluding hydrogens is 466 g/mol. The van der Waals surface area contributed by atoms with E-state index in [1.54, 1.807) is 0 Å². The van der Waals surface area contributed by atoms with Gasteiger partial charge in [0.15, 0.2) is 11.6 Å². The Morgan fingerprint density at radius 2 is 1.80 bits per heavy atom. The Morgan fingerprint density at radius 3 is 2.43 bits per heavy atom. The number of amides is 2. The third-order valence-corrected chi connectivity index (χ3v) is 6.48. The van der Waals surface area contributed by atoms with Crippen LogP contribution in [0.2, 0.25) is 0 Å². The quantitative estimate of drug-likeness (QED) is 0.239. The Morgan fingerprint density at radius 1 is 1.09 bits per heavy atom. The summed E-state index contributed by atoms with van der Waals surface area (Å²) in [4.78, 5) is 53.4. The smallest absolute Gasteiger partial charge is 0.225 e. The molecule has 0 saturated heterocycles. The maximum atomic E-state index is 13.3. The number of carbonyl (C=O) groups is 4. The minimum Gasteiger partial charge on any atom is -0.394 e. The molecule has 1 aromatic heterocycles. The second kappa shape index (κ2) is 14.0. The highest BCUT2D eigenvalue weighted by molar-refractivity contribution is 7.80. The molecule has 0 saturated carbocycles. The maximum absolute atomic E-state index is 13.3. The molecule has 0 aliphatic heterocycles. The highest BCUT2D eigenvalue weighted by Gasteiger charge is 2.29. The minimum atomic E-state index is -1.03. The van der Waals surface area contributed by atoms with E-state index in [1.807, 2.05) is 30.5 Å². The number of H-pyrrole nitrogens is 1. The molecule has 35 heavy (non-hydrogen) atoms. The van der Waals surface area contributed by atoms with E-state index in [9.17, 15) is 24.3 Å². The van der Waals surface area contributed by atoms with Crippen LogP contribution in [-0.4, -0.2) is 57.9 Å². The number of hydrogen-bond acceptors (Lipinski definition) is 6. The topological polar surface area (TPSA) is 128 Å². The van der Waals surface area contributed by atoms with Crippen LogP contribution in [0, 0.1) is 11.8 Å². The number of rotatable bonds is 15. The van der Waals surface area contributed by atoms with Gasteiger partial charge in [-0.1, -0.05) is 38.5 Å². The van der Waals surface area contributed by atoms with E-state index in [0.717, 1.165) is 29.3 Å². The number of nitrogens with one attached hydrogen (secondary N) is 3. The van der Waals surface area contributed by atoms with Crippen molar-refractivity contribution in [2.45, 2.75) is 65.0 Å². The number of ketones is 2. The number of Topliss-reactive ketones (excluding diaryl/α,β-unsaturated/α-hetero) is 2. The lowest BCUT2D eigenvalue weighted by atomic mass is 9.94. The van der Waals surface area contributed by atoms with Gasteiger partial charge in [0, 0.05) is 42.1 Å². The van der Waals surface area contributed by atoms with E-state index < -0.39 is 30.5 Å². The molecule has 0 fully saturated rings. The monoisotopic (exact) mass is 503 g/mol. The average molecular weight is 504 g/mol. The van der Waals surface area contributed by atoms with E-state index in [0.29, 0.717) is 12.3 Å². The average Bonchev–Trinajstić information content (AvgIpc) is 3.22. The van der Waals surface area contributed by atoms with Gasteiger partial charge in [-0.3, -0.25) is 19.2 Å². The predicted octanol–water partition coefficient (Wildman–Crippen LogP) is 2.59. The van der Waals surface area contributed by atoms with Gasteiger partial charge in [0.25, 0.3) is 0 Å². The van der Waals surface area contributed by atoms with Crippen molar-refractivity contribution in [3.8, 4) is 0 Å². The van der Waals surface area contributed by atoms with Gasteiger partial charge in [-0.25, -0.2) is 0 Å². The Bertz CT molecular complexity index is 1020. The molecule has 0 radical (unpaired) electrons. The van der Waals surface area contributed by atoms with Gasteiger partial charge in [0.1, 0.15) is 6.04 Å². The van der Waals surface area contributed by atoms with Crippen LogP contribution in [0.25, 0.3) is 10.9 Å². The Hall–Kier alpha value is -2.65. The zero-order valence-electron chi connectivity index (χ0n) is 20.7. The second-order valence-electron chi connectivity index (χ2n) is 9.37. The van der Waals surface area contributed by atoms with Crippen LogP contribution in [0.4, 0.5) is 0 Å². The van der Waals surface area contributed by atoms with Crippen molar-refractivity contribution >= 4 is 46.9 Å². The van der Waals surface area contributed by atoms with Gasteiger partial charge >= 0.3 is 0 Å². The summed E-state index contributed by atoms with van der Waals surface area (Å²) in [5, 5.41) is 15.7. The number of para-hydroxylation sites is 1. The molecule has 2 amide bonds. The fraction of sp³-hybridized carbons (Fsp3) is 0.538. The van der Waals surface area contributed by atoms with E-state index in [1.165, 1.54) is 6.92 Å². The molecule has 1 heterocycles. The zero-order chi connectivity index (χ0) is 26.0. The summed E-state index contributed by atoms with van der Waals surface area (Å²) in [7, 11) is 0. The molecule has 2 aromatic rings. The van der Waals surface area contributed by atoms with E-state index in [2.05, 4.69) is 42.1 Å². The Kier molecular flexibility index (Phi) is 11.5. The summed E-state index contributed by atoms with van der Waals surface area (Å²) < 4.78 is 0. The highest BCUT2D eigenvalue weighted by atomic mass is 32.1. The largest absolute Gasteiger partial charge is 0.394 e. The van der Waals surface area contributed by atoms with E-state index in [-0.39, 0.29) is 36.1 Å². The molecule has 4 N–H and O–H groups in total. The first-order valence-electron chi connectivity index (χ1n) is 12.1. The number of aromatic nitrogens is 1. The SMILES string of the molecule is CC(=O)[C@H](CO)NC(=O)[C@H](CS)CC(=O)[C@H](Cc1c[nH]c2ccccc12)NC(=O)CCCC(C)C. The number of benzene rings is 1. The summed E-state index contributed by atoms with van der Waals surface area (Å²) in [5.41, 5.74) is 1.83.